The van der Waals surface area contributed by atoms with Crippen molar-refractivity contribution in [2.24, 2.45) is 0 Å². The van der Waals surface area contributed by atoms with E-state index < -0.39 is 57.4 Å². The summed E-state index contributed by atoms with van der Waals surface area (Å²) < 4.78 is 116. The van der Waals surface area contributed by atoms with E-state index in [1.807, 2.05) is 0 Å². The van der Waals surface area contributed by atoms with Gasteiger partial charge < -0.3 is 4.90 Å². The quantitative estimate of drug-likeness (QED) is 0.142. The van der Waals surface area contributed by atoms with Crippen LogP contribution in [0, 0.1) is 46.5 Å². The van der Waals surface area contributed by atoms with Crippen molar-refractivity contribution in [1.82, 2.24) is 0 Å². The van der Waals surface area contributed by atoms with Crippen LogP contribution in [0.3, 0.4) is 0 Å². The molecule has 0 unspecified atom stereocenters. The molecule has 0 saturated heterocycles. The zero-order chi connectivity index (χ0) is 31.9. The van der Waals surface area contributed by atoms with Crippen molar-refractivity contribution in [3.05, 3.63) is 104 Å². The van der Waals surface area contributed by atoms with Crippen LogP contribution in [0.2, 0.25) is 0 Å². The van der Waals surface area contributed by atoms with Gasteiger partial charge in [-0.25, -0.2) is 30.7 Å². The van der Waals surface area contributed by atoms with E-state index in [-0.39, 0.29) is 22.5 Å². The van der Waals surface area contributed by atoms with Crippen molar-refractivity contribution in [3.63, 3.8) is 0 Å². The number of likely N-dealkylation sites (N-methyl/N-ethyl adjacent to an activating group) is 1. The molecule has 2 aromatic carbocycles. The van der Waals surface area contributed by atoms with Gasteiger partial charge in [-0.1, -0.05) is 37.6 Å². The third-order valence-corrected chi connectivity index (χ3v) is 9.24. The van der Waals surface area contributed by atoms with Crippen molar-refractivity contribution in [1.29, 1.82) is 0 Å². The highest BCUT2D eigenvalue weighted by molar-refractivity contribution is 6.32. The average molecular weight is 628 g/mol. The van der Waals surface area contributed by atoms with Crippen LogP contribution in [0.4, 0.5) is 46.5 Å². The summed E-state index contributed by atoms with van der Waals surface area (Å²) in [5.41, 5.74) is -1.61. The molecule has 2 aromatic rings. The van der Waals surface area contributed by atoms with Gasteiger partial charge in [-0.2, -0.15) is 8.97 Å². The van der Waals surface area contributed by atoms with Gasteiger partial charge in [-0.15, -0.1) is 0 Å². The van der Waals surface area contributed by atoms with Gasteiger partial charge in [-0.3, -0.25) is 0 Å². The van der Waals surface area contributed by atoms with Crippen LogP contribution in [0.5, 0.6) is 0 Å². The van der Waals surface area contributed by atoms with Gasteiger partial charge in [0, 0.05) is 34.8 Å². The Hall–Kier alpha value is -3.40. The minimum Gasteiger partial charge on any atom is -0.345 e. The summed E-state index contributed by atoms with van der Waals surface area (Å²) in [7, 11) is 2.87. The molecule has 0 fully saturated rings. The normalized spacial score (nSPS) is 21.2. The largest absolute Gasteiger partial charge is 0.345 e. The molecule has 3 aliphatic rings. The molecule has 0 N–H and O–H groups in total. The molecular formula is C32H28ClF8N2+. The van der Waals surface area contributed by atoms with Gasteiger partial charge in [0.2, 0.25) is 11.6 Å². The molecule has 228 valence electrons. The smallest absolute Gasteiger partial charge is 0.251 e. The Morgan fingerprint density at radius 3 is 1.88 bits per heavy atom. The molecule has 0 spiro atoms. The maximum atomic E-state index is 14.8. The summed E-state index contributed by atoms with van der Waals surface area (Å²) in [6.45, 7) is 6.30. The first-order chi connectivity index (χ1) is 20.0. The lowest BCUT2D eigenvalue weighted by Gasteiger charge is -2.24. The minimum absolute atomic E-state index is 0.293. The molecule has 5 rings (SSSR count). The first kappa shape index (κ1) is 31.0. The third kappa shape index (κ3) is 4.38. The molecule has 1 aliphatic carbocycles. The molecule has 11 heteroatoms. The Morgan fingerprint density at radius 1 is 0.698 bits per heavy atom. The lowest BCUT2D eigenvalue weighted by molar-refractivity contribution is -0.404. The number of rotatable bonds is 3. The highest BCUT2D eigenvalue weighted by atomic mass is 35.5. The van der Waals surface area contributed by atoms with Crippen LogP contribution in [0.1, 0.15) is 58.1 Å². The van der Waals surface area contributed by atoms with E-state index in [0.717, 1.165) is 0 Å². The first-order valence-electron chi connectivity index (χ1n) is 13.5. The van der Waals surface area contributed by atoms with Gasteiger partial charge in [-0.05, 0) is 50.3 Å². The molecular weight excluding hydrogens is 600 g/mol. The van der Waals surface area contributed by atoms with Crippen LogP contribution in [0.25, 0.3) is 0 Å². The Kier molecular flexibility index (Phi) is 7.47. The molecule has 0 bridgehead atoms. The van der Waals surface area contributed by atoms with Gasteiger partial charge in [0.15, 0.2) is 40.6 Å². The van der Waals surface area contributed by atoms with Gasteiger partial charge >= 0.3 is 0 Å². The van der Waals surface area contributed by atoms with E-state index in [1.54, 1.807) is 52.0 Å². The summed E-state index contributed by atoms with van der Waals surface area (Å²) in [6, 6.07) is 0. The number of nitrogens with zero attached hydrogens (tertiary/aromatic N) is 2. The van der Waals surface area contributed by atoms with E-state index >= 15 is 0 Å². The second-order valence-electron chi connectivity index (χ2n) is 12.0. The molecule has 0 saturated carbocycles. The zero-order valence-electron chi connectivity index (χ0n) is 24.2. The number of hydrogen-bond acceptors (Lipinski definition) is 1. The Labute approximate surface area is 249 Å². The number of benzene rings is 2. The van der Waals surface area contributed by atoms with E-state index in [4.69, 9.17) is 11.6 Å². The van der Waals surface area contributed by atoms with Gasteiger partial charge in [0.05, 0.1) is 16.7 Å². The molecule has 0 radical (unpaired) electrons. The summed E-state index contributed by atoms with van der Waals surface area (Å²) in [5.74, 6) is -13.4. The minimum atomic E-state index is -1.88. The fraction of sp³-hybridized carbons (Fsp3) is 0.344. The van der Waals surface area contributed by atoms with Crippen LogP contribution < -0.4 is 4.90 Å². The van der Waals surface area contributed by atoms with E-state index in [0.29, 0.717) is 46.8 Å². The molecule has 2 heterocycles. The van der Waals surface area contributed by atoms with E-state index in [9.17, 15) is 35.1 Å². The SMILES string of the molecule is CN1/C(=C\C=C2\CCCC(/C=C/C3=[N+](C)c4c(F)c(F)c(F)c(F)c4C3(C)C)=C2Cl)C(C)(C)c2c(F)c(F)c(F)c(F)c21. The predicted molar refractivity (Wildman–Crippen MR) is 150 cm³/mol. The number of anilines is 1. The van der Waals surface area contributed by atoms with Gasteiger partial charge in [0.1, 0.15) is 7.05 Å². The number of allylic oxidation sites excluding steroid dienone is 8. The lowest BCUT2D eigenvalue weighted by Crippen LogP contribution is -2.28. The van der Waals surface area contributed by atoms with Crippen molar-refractivity contribution in [2.45, 2.75) is 57.8 Å². The van der Waals surface area contributed by atoms with Crippen LogP contribution >= 0.6 is 11.6 Å². The summed E-state index contributed by atoms with van der Waals surface area (Å²) in [5, 5.41) is 0.385. The maximum Gasteiger partial charge on any atom is 0.251 e. The van der Waals surface area contributed by atoms with Crippen molar-refractivity contribution in [3.8, 4) is 0 Å². The average Bonchev–Trinajstić information content (AvgIpc) is 3.27. The molecule has 43 heavy (non-hydrogen) atoms. The fourth-order valence-electron chi connectivity index (χ4n) is 6.55. The second kappa shape index (κ2) is 10.4. The van der Waals surface area contributed by atoms with E-state index in [1.165, 1.54) is 23.6 Å². The highest BCUT2D eigenvalue weighted by Crippen LogP contribution is 2.51. The number of hydrogen-bond donors (Lipinski definition) is 0. The topological polar surface area (TPSA) is 6.25 Å². The fourth-order valence-corrected chi connectivity index (χ4v) is 6.87. The van der Waals surface area contributed by atoms with Crippen LogP contribution in [-0.2, 0) is 10.8 Å². The van der Waals surface area contributed by atoms with Gasteiger partial charge in [0.25, 0.3) is 5.69 Å². The second-order valence-corrected chi connectivity index (χ2v) is 12.4. The molecule has 2 nitrogen and oxygen atoms in total. The van der Waals surface area contributed by atoms with Crippen LogP contribution in [0.15, 0.2) is 46.2 Å². The summed E-state index contributed by atoms with van der Waals surface area (Å²) >= 11 is 6.75. The molecule has 0 amide bonds. The van der Waals surface area contributed by atoms with Crippen molar-refractivity contribution in [2.75, 3.05) is 19.0 Å². The third-order valence-electron chi connectivity index (χ3n) is 8.75. The Balaban J connectivity index is 1.52. The molecule has 0 aromatic heterocycles. The van der Waals surface area contributed by atoms with E-state index in [2.05, 4.69) is 0 Å². The summed E-state index contributed by atoms with van der Waals surface area (Å²) in [6.07, 6.45) is 8.37. The standard InChI is InChI=1S/C32H28ClF8N2/c1-31(2)16(42(5)29-18(31)21(34)23(36)25(38)27(29)40)12-10-14-8-7-9-15(20(14)33)11-13-17-32(3,4)19-22(35)24(37)26(39)28(41)30(19)43(17)6/h10-13H,7-9H2,1-6H3/q+1. The van der Waals surface area contributed by atoms with Crippen molar-refractivity contribution >= 4 is 28.7 Å². The molecule has 0 atom stereocenters. The van der Waals surface area contributed by atoms with Crippen LogP contribution in [-0.4, -0.2) is 24.4 Å². The lowest BCUT2D eigenvalue weighted by atomic mass is 9.80. The number of halogens is 9. The summed E-state index contributed by atoms with van der Waals surface area (Å²) in [4.78, 5) is 1.28. The molecule has 2 aliphatic heterocycles. The maximum absolute atomic E-state index is 14.8. The first-order valence-corrected chi connectivity index (χ1v) is 13.9. The Bertz CT molecular complexity index is 1760. The predicted octanol–water partition coefficient (Wildman–Crippen LogP) is 9.28. The number of fused-ring (bicyclic) bond motifs is 2. The zero-order valence-corrected chi connectivity index (χ0v) is 25.0. The Morgan fingerprint density at radius 2 is 1.26 bits per heavy atom. The monoisotopic (exact) mass is 627 g/mol. The van der Waals surface area contributed by atoms with Crippen molar-refractivity contribution < 1.29 is 39.7 Å². The highest BCUT2D eigenvalue weighted by Gasteiger charge is 2.50.